The molecule has 0 saturated heterocycles. The van der Waals surface area contributed by atoms with Crippen LogP contribution < -0.4 is 5.32 Å². The van der Waals surface area contributed by atoms with Crippen LogP contribution in [0.3, 0.4) is 0 Å². The summed E-state index contributed by atoms with van der Waals surface area (Å²) in [5.74, 6) is 1.52. The van der Waals surface area contributed by atoms with Crippen molar-refractivity contribution in [2.75, 3.05) is 0 Å². The quantitative estimate of drug-likeness (QED) is 0.167. The highest BCUT2D eigenvalue weighted by atomic mass is 15.2. The summed E-state index contributed by atoms with van der Waals surface area (Å²) in [4.78, 5) is 15.3. The van der Waals surface area contributed by atoms with E-state index in [0.717, 1.165) is 72.6 Å². The van der Waals surface area contributed by atoms with Crippen LogP contribution in [0.2, 0.25) is 0 Å². The van der Waals surface area contributed by atoms with Gasteiger partial charge in [-0.15, -0.1) is 0 Å². The van der Waals surface area contributed by atoms with E-state index in [-0.39, 0.29) is 6.17 Å². The summed E-state index contributed by atoms with van der Waals surface area (Å²) < 4.78 is 0. The van der Waals surface area contributed by atoms with Crippen molar-refractivity contribution in [3.63, 3.8) is 0 Å². The number of hydrogen-bond acceptors (Lipinski definition) is 4. The zero-order chi connectivity index (χ0) is 37.3. The summed E-state index contributed by atoms with van der Waals surface area (Å²) in [5.41, 5.74) is 13.2. The van der Waals surface area contributed by atoms with E-state index in [9.17, 15) is 0 Å². The lowest BCUT2D eigenvalue weighted by molar-refractivity contribution is 0.674. The molecule has 56 heavy (non-hydrogen) atoms. The zero-order valence-corrected chi connectivity index (χ0v) is 30.5. The fourth-order valence-corrected chi connectivity index (χ4v) is 7.79. The molecule has 1 aromatic heterocycles. The Balaban J connectivity index is 1.00. The molecule has 4 nitrogen and oxygen atoms in total. The topological polar surface area (TPSA) is 49.6 Å². The van der Waals surface area contributed by atoms with E-state index in [1.165, 1.54) is 22.1 Å². The zero-order valence-electron chi connectivity index (χ0n) is 30.5. The molecule has 1 N–H and O–H groups in total. The number of aromatic nitrogens is 1. The fraction of sp³-hybridized carbons (Fsp3) is 0.0192. The number of hydrogen-bond donors (Lipinski definition) is 1. The first-order valence-corrected chi connectivity index (χ1v) is 19.0. The molecule has 0 spiro atoms. The molecule has 1 aliphatic rings. The second-order valence-electron chi connectivity index (χ2n) is 14.0. The van der Waals surface area contributed by atoms with Gasteiger partial charge in [0.2, 0.25) is 0 Å². The third-order valence-corrected chi connectivity index (χ3v) is 10.6. The Morgan fingerprint density at radius 2 is 0.893 bits per heavy atom. The number of amidine groups is 2. The summed E-state index contributed by atoms with van der Waals surface area (Å²) in [7, 11) is 0. The molecule has 10 rings (SSSR count). The van der Waals surface area contributed by atoms with Crippen LogP contribution in [0.5, 0.6) is 0 Å². The second kappa shape index (κ2) is 14.4. The van der Waals surface area contributed by atoms with Crippen LogP contribution in [0.25, 0.3) is 66.3 Å². The average molecular weight is 717 g/mol. The standard InChI is InChI=1S/C52H36N4/c1-4-15-37(16-5-1)42-21-10-11-22-44(42)49-46-25-14-24-43(48(46)45-23-12-13-26-47(45)53-49)38-31-27-35(28-32-38)36-29-33-41(34-30-36)52-55-50(39-17-6-2-7-18-39)54-51(56-52)40-19-8-3-9-20-40/h1-34,50H,(H,54,55,56). The molecular formula is C52H36N4. The van der Waals surface area contributed by atoms with E-state index in [4.69, 9.17) is 15.0 Å². The molecule has 264 valence electrons. The lowest BCUT2D eigenvalue weighted by Gasteiger charge is -2.23. The average Bonchev–Trinajstić information content (AvgIpc) is 3.29. The predicted molar refractivity (Wildman–Crippen MR) is 233 cm³/mol. The van der Waals surface area contributed by atoms with E-state index in [0.29, 0.717) is 0 Å². The minimum absolute atomic E-state index is 0.234. The van der Waals surface area contributed by atoms with Crippen LogP contribution in [-0.2, 0) is 0 Å². The molecule has 0 aliphatic carbocycles. The largest absolute Gasteiger partial charge is 0.344 e. The highest BCUT2D eigenvalue weighted by Gasteiger charge is 2.21. The molecule has 0 saturated carbocycles. The van der Waals surface area contributed by atoms with Gasteiger partial charge in [0.25, 0.3) is 0 Å². The van der Waals surface area contributed by atoms with Crippen molar-refractivity contribution in [2.45, 2.75) is 6.17 Å². The lowest BCUT2D eigenvalue weighted by Crippen LogP contribution is -2.33. The summed E-state index contributed by atoms with van der Waals surface area (Å²) in [5, 5.41) is 7.07. The molecule has 0 bridgehead atoms. The summed E-state index contributed by atoms with van der Waals surface area (Å²) in [6, 6.07) is 72.3. The maximum Gasteiger partial charge on any atom is 0.159 e. The van der Waals surface area contributed by atoms with Gasteiger partial charge in [-0.1, -0.05) is 200 Å². The molecular weight excluding hydrogens is 681 g/mol. The van der Waals surface area contributed by atoms with E-state index < -0.39 is 0 Å². The maximum atomic E-state index is 5.31. The number of pyridine rings is 1. The second-order valence-corrected chi connectivity index (χ2v) is 14.0. The van der Waals surface area contributed by atoms with Crippen molar-refractivity contribution >= 4 is 33.3 Å². The smallest absolute Gasteiger partial charge is 0.159 e. The predicted octanol–water partition coefficient (Wildman–Crippen LogP) is 12.6. The highest BCUT2D eigenvalue weighted by Crippen LogP contribution is 2.41. The van der Waals surface area contributed by atoms with Gasteiger partial charge in [-0.25, -0.2) is 15.0 Å². The number of nitrogens with zero attached hydrogens (tertiary/aromatic N) is 3. The third-order valence-electron chi connectivity index (χ3n) is 10.6. The number of aliphatic imine (C=N–C) groups is 2. The SMILES string of the molecule is c1ccc(C2=NC(c3ccccc3)NC(c3ccc(-c4ccc(-c5cccc6c(-c7ccccc7-c7ccccc7)nc7ccccc7c56)cc4)cc3)=N2)cc1. The molecule has 0 fully saturated rings. The van der Waals surface area contributed by atoms with Gasteiger partial charge in [-0.3, -0.25) is 0 Å². The Labute approximate surface area is 326 Å². The minimum Gasteiger partial charge on any atom is -0.344 e. The summed E-state index contributed by atoms with van der Waals surface area (Å²) in [6.45, 7) is 0. The van der Waals surface area contributed by atoms with Crippen LogP contribution in [0.15, 0.2) is 216 Å². The minimum atomic E-state index is -0.234. The molecule has 0 radical (unpaired) electrons. The van der Waals surface area contributed by atoms with Crippen molar-refractivity contribution in [2.24, 2.45) is 9.98 Å². The first-order chi connectivity index (χ1) is 27.8. The number of benzene rings is 8. The summed E-state index contributed by atoms with van der Waals surface area (Å²) in [6.07, 6.45) is -0.234. The molecule has 2 heterocycles. The van der Waals surface area contributed by atoms with E-state index in [1.807, 2.05) is 36.4 Å². The maximum absolute atomic E-state index is 5.31. The van der Waals surface area contributed by atoms with Gasteiger partial charge in [0.05, 0.1) is 11.2 Å². The Kier molecular flexibility index (Phi) is 8.54. The molecule has 1 unspecified atom stereocenters. The monoisotopic (exact) mass is 716 g/mol. The Morgan fingerprint density at radius 3 is 1.61 bits per heavy atom. The van der Waals surface area contributed by atoms with Crippen LogP contribution in [-0.4, -0.2) is 16.7 Å². The number of para-hydroxylation sites is 1. The molecule has 0 amide bonds. The molecule has 1 aliphatic heterocycles. The molecule has 9 aromatic rings. The number of rotatable bonds is 7. The van der Waals surface area contributed by atoms with Crippen molar-refractivity contribution in [1.82, 2.24) is 10.3 Å². The van der Waals surface area contributed by atoms with Crippen LogP contribution in [0, 0.1) is 0 Å². The highest BCUT2D eigenvalue weighted by molar-refractivity contribution is 6.18. The van der Waals surface area contributed by atoms with Gasteiger partial charge in [0.1, 0.15) is 12.0 Å². The first kappa shape index (κ1) is 33.2. The Hall–Kier alpha value is -7.43. The van der Waals surface area contributed by atoms with Gasteiger partial charge in [0, 0.05) is 32.8 Å². The normalized spacial score (nSPS) is 13.9. The van der Waals surface area contributed by atoms with E-state index in [1.54, 1.807) is 0 Å². The molecule has 4 heteroatoms. The van der Waals surface area contributed by atoms with Crippen molar-refractivity contribution in [3.05, 3.63) is 223 Å². The van der Waals surface area contributed by atoms with Crippen LogP contribution in [0.4, 0.5) is 0 Å². The molecule has 8 aromatic carbocycles. The third kappa shape index (κ3) is 6.23. The summed E-state index contributed by atoms with van der Waals surface area (Å²) >= 11 is 0. The van der Waals surface area contributed by atoms with Gasteiger partial charge >= 0.3 is 0 Å². The van der Waals surface area contributed by atoms with Crippen molar-refractivity contribution < 1.29 is 0 Å². The van der Waals surface area contributed by atoms with Crippen molar-refractivity contribution in [3.8, 4) is 44.6 Å². The van der Waals surface area contributed by atoms with Crippen molar-refractivity contribution in [1.29, 1.82) is 0 Å². The Bertz CT molecular complexity index is 2900. The van der Waals surface area contributed by atoms with E-state index in [2.05, 4.69) is 175 Å². The van der Waals surface area contributed by atoms with Gasteiger partial charge in [-0.2, -0.15) is 0 Å². The first-order valence-electron chi connectivity index (χ1n) is 19.0. The van der Waals surface area contributed by atoms with Gasteiger partial charge in [-0.05, 0) is 45.0 Å². The number of nitrogens with one attached hydrogen (secondary N) is 1. The van der Waals surface area contributed by atoms with Crippen LogP contribution in [0.1, 0.15) is 22.9 Å². The Morgan fingerprint density at radius 1 is 0.375 bits per heavy atom. The fourth-order valence-electron chi connectivity index (χ4n) is 7.79. The molecule has 1 atom stereocenters. The van der Waals surface area contributed by atoms with Gasteiger partial charge in [0.15, 0.2) is 5.84 Å². The number of fused-ring (bicyclic) bond motifs is 3. The lowest BCUT2D eigenvalue weighted by atomic mass is 9.90. The van der Waals surface area contributed by atoms with E-state index >= 15 is 0 Å². The van der Waals surface area contributed by atoms with Crippen LogP contribution >= 0.6 is 0 Å². The van der Waals surface area contributed by atoms with Gasteiger partial charge < -0.3 is 5.32 Å².